The van der Waals surface area contributed by atoms with Crippen molar-refractivity contribution in [2.75, 3.05) is 0 Å². The Kier molecular flexibility index (Phi) is 46.4. The van der Waals surface area contributed by atoms with E-state index in [1.165, 1.54) is 141 Å². The van der Waals surface area contributed by atoms with Crippen LogP contribution in [-0.2, 0) is 9.59 Å². The Morgan fingerprint density at radius 3 is 0.860 bits per heavy atom. The Labute approximate surface area is 318 Å². The van der Waals surface area contributed by atoms with Crippen LogP contribution in [0.25, 0.3) is 0 Å². The third-order valence-corrected chi connectivity index (χ3v) is 8.91. The second-order valence-electron chi connectivity index (χ2n) is 12.4. The molecule has 7 heteroatoms. The summed E-state index contributed by atoms with van der Waals surface area (Å²) in [6.07, 6.45) is 34.2. The van der Waals surface area contributed by atoms with E-state index in [1.807, 2.05) is 0 Å². The molecule has 0 aliphatic heterocycles. The molecule has 0 heterocycles. The van der Waals surface area contributed by atoms with Gasteiger partial charge < -0.3 is 19.8 Å². The molecule has 0 bridgehead atoms. The fourth-order valence-electron chi connectivity index (χ4n) is 5.27. The van der Waals surface area contributed by atoms with Crippen LogP contribution in [0.15, 0.2) is 0 Å². The molecule has 0 aromatic carbocycles. The summed E-state index contributed by atoms with van der Waals surface area (Å²) in [4.78, 5) is 20.5. The number of carbonyl (C=O) groups excluding carboxylic acids is 2. The van der Waals surface area contributed by atoms with Crippen LogP contribution in [0.3, 0.4) is 0 Å². The quantitative estimate of drug-likeness (QED) is 0.0388. The predicted octanol–water partition coefficient (Wildman–Crippen LogP) is 10.0. The molecular formula is C36H68BaCl2O4. The zero-order valence-corrected chi connectivity index (χ0v) is 34.4. The van der Waals surface area contributed by atoms with E-state index in [1.54, 1.807) is 0 Å². The van der Waals surface area contributed by atoms with Crippen molar-refractivity contribution in [1.82, 2.24) is 0 Å². The van der Waals surface area contributed by atoms with Crippen molar-refractivity contribution in [3.63, 3.8) is 0 Å². The Balaban J connectivity index is -0.000000727. The molecule has 0 rings (SSSR count). The predicted molar refractivity (Wildman–Crippen MR) is 185 cm³/mol. The molecule has 0 aromatic heterocycles. The van der Waals surface area contributed by atoms with Crippen LogP contribution >= 0.6 is 23.2 Å². The number of rotatable bonds is 32. The van der Waals surface area contributed by atoms with E-state index in [4.69, 9.17) is 23.2 Å². The van der Waals surface area contributed by atoms with E-state index in [0.717, 1.165) is 38.5 Å². The molecule has 0 aromatic rings. The SMILES string of the molecule is CCCCCCC(Cl)CCCCCCCCCCC(=O)[O-].CCCCCCC(Cl)CCCCCCCCCCC(=O)[O-].[Ba+2]. The minimum Gasteiger partial charge on any atom is -0.550 e. The number of hydrogen-bond acceptors (Lipinski definition) is 4. The van der Waals surface area contributed by atoms with Crippen LogP contribution in [0.1, 0.15) is 206 Å². The zero-order chi connectivity index (χ0) is 31.5. The summed E-state index contributed by atoms with van der Waals surface area (Å²) >= 11 is 12.7. The Bertz CT molecular complexity index is 517. The molecule has 252 valence electrons. The average molecular weight is 773 g/mol. The van der Waals surface area contributed by atoms with Crippen LogP contribution in [0.2, 0.25) is 0 Å². The van der Waals surface area contributed by atoms with E-state index < -0.39 is 11.9 Å². The minimum absolute atomic E-state index is 0. The van der Waals surface area contributed by atoms with Crippen LogP contribution < -0.4 is 10.2 Å². The summed E-state index contributed by atoms with van der Waals surface area (Å²) in [6, 6.07) is 0. The number of carboxylic acids is 2. The largest absolute Gasteiger partial charge is 2.00 e. The van der Waals surface area contributed by atoms with Crippen molar-refractivity contribution in [1.29, 1.82) is 0 Å². The van der Waals surface area contributed by atoms with Gasteiger partial charge in [-0.1, -0.05) is 155 Å². The van der Waals surface area contributed by atoms with Crippen molar-refractivity contribution < 1.29 is 19.8 Å². The van der Waals surface area contributed by atoms with Crippen LogP contribution in [0.5, 0.6) is 0 Å². The first-order valence-electron chi connectivity index (χ1n) is 18.0. The molecule has 0 radical (unpaired) electrons. The molecule has 2 atom stereocenters. The minimum atomic E-state index is -0.916. The fraction of sp³-hybridized carbons (Fsp3) is 0.944. The molecule has 0 spiro atoms. The van der Waals surface area contributed by atoms with Crippen molar-refractivity contribution in [3.8, 4) is 0 Å². The summed E-state index contributed by atoms with van der Waals surface area (Å²) in [7, 11) is 0. The van der Waals surface area contributed by atoms with Gasteiger partial charge in [0, 0.05) is 22.7 Å². The van der Waals surface area contributed by atoms with E-state index in [0.29, 0.717) is 10.8 Å². The van der Waals surface area contributed by atoms with E-state index in [-0.39, 0.29) is 61.7 Å². The first-order chi connectivity index (χ1) is 20.3. The van der Waals surface area contributed by atoms with Crippen LogP contribution in [-0.4, -0.2) is 71.6 Å². The maximum Gasteiger partial charge on any atom is 2.00 e. The monoisotopic (exact) mass is 772 g/mol. The van der Waals surface area contributed by atoms with Gasteiger partial charge in [-0.15, -0.1) is 23.2 Å². The molecule has 2 unspecified atom stereocenters. The van der Waals surface area contributed by atoms with E-state index in [9.17, 15) is 19.8 Å². The smallest absolute Gasteiger partial charge is 0.550 e. The van der Waals surface area contributed by atoms with Gasteiger partial charge in [0.05, 0.1) is 0 Å². The van der Waals surface area contributed by atoms with Gasteiger partial charge in [0.25, 0.3) is 0 Å². The van der Waals surface area contributed by atoms with Gasteiger partial charge in [-0.25, -0.2) is 0 Å². The van der Waals surface area contributed by atoms with Crippen LogP contribution in [0.4, 0.5) is 0 Å². The number of carbonyl (C=O) groups is 2. The van der Waals surface area contributed by atoms with Gasteiger partial charge in [0.2, 0.25) is 0 Å². The van der Waals surface area contributed by atoms with Gasteiger partial charge >= 0.3 is 48.9 Å². The standard InChI is InChI=1S/2C18H35ClO2.Ba/c2*1-2-3-4-11-14-17(19)15-12-9-7-5-6-8-10-13-16-18(20)21;/h2*17H,2-16H2,1H3,(H,20,21);/q;;+2/p-2. The average Bonchev–Trinajstić information content (AvgIpc) is 2.95. The maximum atomic E-state index is 10.2. The number of unbranched alkanes of at least 4 members (excludes halogenated alkanes) is 20. The molecule has 4 nitrogen and oxygen atoms in total. The second kappa shape index (κ2) is 41.1. The molecule has 0 N–H and O–H groups in total. The number of aliphatic carboxylic acids is 2. The van der Waals surface area contributed by atoms with Crippen molar-refractivity contribution >= 4 is 84.0 Å². The second-order valence-corrected chi connectivity index (χ2v) is 13.6. The number of alkyl halides is 2. The topological polar surface area (TPSA) is 80.3 Å². The van der Waals surface area contributed by atoms with Crippen molar-refractivity contribution in [2.45, 2.75) is 217 Å². The molecular weight excluding hydrogens is 705 g/mol. The molecule has 43 heavy (non-hydrogen) atoms. The molecule has 0 saturated heterocycles. The van der Waals surface area contributed by atoms with Gasteiger partial charge in [0.1, 0.15) is 0 Å². The number of halogens is 2. The van der Waals surface area contributed by atoms with E-state index >= 15 is 0 Å². The molecule has 0 aliphatic carbocycles. The van der Waals surface area contributed by atoms with Gasteiger partial charge in [-0.3, -0.25) is 0 Å². The van der Waals surface area contributed by atoms with Gasteiger partial charge in [-0.2, -0.15) is 0 Å². The molecule has 0 saturated carbocycles. The summed E-state index contributed by atoms with van der Waals surface area (Å²) in [6.45, 7) is 4.48. The normalized spacial score (nSPS) is 12.2. The first kappa shape index (κ1) is 48.5. The van der Waals surface area contributed by atoms with Crippen molar-refractivity contribution in [3.05, 3.63) is 0 Å². The zero-order valence-electron chi connectivity index (χ0n) is 28.5. The third kappa shape index (κ3) is 47.6. The Morgan fingerprint density at radius 1 is 0.419 bits per heavy atom. The Hall–Kier alpha value is 1.09. The summed E-state index contributed by atoms with van der Waals surface area (Å²) < 4.78 is 0. The summed E-state index contributed by atoms with van der Waals surface area (Å²) in [5, 5.41) is 21.2. The van der Waals surface area contributed by atoms with Crippen molar-refractivity contribution in [2.24, 2.45) is 0 Å². The maximum absolute atomic E-state index is 10.2. The molecule has 0 amide bonds. The summed E-state index contributed by atoms with van der Waals surface area (Å²) in [5.41, 5.74) is 0. The van der Waals surface area contributed by atoms with Gasteiger partial charge in [0.15, 0.2) is 0 Å². The molecule has 0 aliphatic rings. The third-order valence-electron chi connectivity index (χ3n) is 8.04. The van der Waals surface area contributed by atoms with Crippen LogP contribution in [0, 0.1) is 0 Å². The Morgan fingerprint density at radius 2 is 0.628 bits per heavy atom. The van der Waals surface area contributed by atoms with E-state index in [2.05, 4.69) is 13.8 Å². The number of carboxylic acid groups (broad SMARTS) is 2. The first-order valence-corrected chi connectivity index (χ1v) is 18.9. The fourth-order valence-corrected chi connectivity index (χ4v) is 5.88. The summed E-state index contributed by atoms with van der Waals surface area (Å²) in [5.74, 6) is -1.83. The van der Waals surface area contributed by atoms with Gasteiger partial charge in [-0.05, 0) is 51.4 Å². The number of hydrogen-bond donors (Lipinski definition) is 0. The molecule has 0 fully saturated rings.